The molecule has 1 aliphatic rings. The van der Waals surface area contributed by atoms with E-state index in [1.54, 1.807) is 24.3 Å². The number of benzene rings is 2. The average Bonchev–Trinajstić information content (AvgIpc) is 3.09. The van der Waals surface area contributed by atoms with Crippen molar-refractivity contribution in [2.75, 3.05) is 6.54 Å². The molecule has 0 saturated carbocycles. The topological polar surface area (TPSA) is 103 Å². The molecule has 0 radical (unpaired) electrons. The van der Waals surface area contributed by atoms with Crippen LogP contribution in [0.4, 0.5) is 0 Å². The molecule has 3 heterocycles. The monoisotopic (exact) mass is 452 g/mol. The minimum absolute atomic E-state index is 0.111. The molecule has 0 fully saturated rings. The molecule has 29 heavy (non-hydrogen) atoms. The minimum atomic E-state index is -0.689. The van der Waals surface area contributed by atoms with Gasteiger partial charge < -0.3 is 15.4 Å². The molecule has 4 N–H and O–H groups in total. The van der Waals surface area contributed by atoms with Crippen molar-refractivity contribution < 1.29 is 5.11 Å². The normalized spacial score (nSPS) is 16.1. The van der Waals surface area contributed by atoms with Crippen molar-refractivity contribution in [1.29, 1.82) is 0 Å². The van der Waals surface area contributed by atoms with E-state index < -0.39 is 17.3 Å². The van der Waals surface area contributed by atoms with Crippen molar-refractivity contribution in [2.24, 2.45) is 0 Å². The van der Waals surface area contributed by atoms with E-state index in [1.807, 2.05) is 24.3 Å². The van der Waals surface area contributed by atoms with Gasteiger partial charge in [0, 0.05) is 27.6 Å². The second-order valence-corrected chi connectivity index (χ2v) is 7.92. The minimum Gasteiger partial charge on any atom is -0.494 e. The van der Waals surface area contributed by atoms with Crippen molar-refractivity contribution in [2.45, 2.75) is 12.5 Å². The third kappa shape index (κ3) is 2.83. The SMILES string of the molecule is O=c1[nH]c(=O)n(-c2ccc(Br)cc2)c(O)c1[C@@H]1NCCc2c1[nH]c1ccccc21. The molecule has 0 saturated heterocycles. The van der Waals surface area contributed by atoms with Crippen molar-refractivity contribution in [3.05, 3.63) is 90.7 Å². The number of aromatic nitrogens is 3. The standard InChI is InChI=1S/C21H17BrN4O3/c22-11-5-7-12(8-6-11)26-20(28)16(19(27)25-21(26)29)18-17-14(9-10-23-18)13-3-1-2-4-15(13)24-17/h1-8,18,23-24,28H,9-10H2,(H,25,27,29)/t18-/m0/s1. The summed E-state index contributed by atoms with van der Waals surface area (Å²) in [5, 5.41) is 15.4. The summed E-state index contributed by atoms with van der Waals surface area (Å²) in [6, 6.07) is 14.3. The summed E-state index contributed by atoms with van der Waals surface area (Å²) < 4.78 is 1.96. The number of nitrogens with one attached hydrogen (secondary N) is 3. The van der Waals surface area contributed by atoms with Gasteiger partial charge >= 0.3 is 5.69 Å². The quantitative estimate of drug-likeness (QED) is 0.375. The first kappa shape index (κ1) is 18.0. The number of halogens is 1. The van der Waals surface area contributed by atoms with Crippen LogP contribution in [0.25, 0.3) is 16.6 Å². The molecule has 0 aliphatic carbocycles. The molecule has 146 valence electrons. The number of hydrogen-bond acceptors (Lipinski definition) is 4. The summed E-state index contributed by atoms with van der Waals surface area (Å²) in [6.07, 6.45) is 0.806. The maximum absolute atomic E-state index is 12.7. The molecule has 1 aliphatic heterocycles. The zero-order chi connectivity index (χ0) is 20.1. The van der Waals surface area contributed by atoms with Gasteiger partial charge in [0.25, 0.3) is 5.56 Å². The molecule has 0 amide bonds. The average molecular weight is 453 g/mol. The zero-order valence-corrected chi connectivity index (χ0v) is 16.8. The third-order valence-electron chi connectivity index (χ3n) is 5.35. The van der Waals surface area contributed by atoms with Gasteiger partial charge in [0.1, 0.15) is 5.56 Å². The van der Waals surface area contributed by atoms with E-state index in [4.69, 9.17) is 0 Å². The predicted octanol–water partition coefficient (Wildman–Crippen LogP) is 2.71. The van der Waals surface area contributed by atoms with E-state index >= 15 is 0 Å². The number of para-hydroxylation sites is 1. The number of fused-ring (bicyclic) bond motifs is 3. The van der Waals surface area contributed by atoms with Gasteiger partial charge in [-0.1, -0.05) is 34.1 Å². The maximum Gasteiger partial charge on any atom is 0.335 e. The summed E-state index contributed by atoms with van der Waals surface area (Å²) in [5.41, 5.74) is 2.20. The molecule has 2 aromatic carbocycles. The fourth-order valence-corrected chi connectivity index (χ4v) is 4.32. The van der Waals surface area contributed by atoms with Crippen LogP contribution in [0.5, 0.6) is 5.88 Å². The summed E-state index contributed by atoms with van der Waals surface area (Å²) in [5.74, 6) is -0.370. The predicted molar refractivity (Wildman–Crippen MR) is 114 cm³/mol. The van der Waals surface area contributed by atoms with Gasteiger partial charge in [0.2, 0.25) is 5.88 Å². The Morgan fingerprint density at radius 3 is 2.59 bits per heavy atom. The van der Waals surface area contributed by atoms with E-state index in [0.717, 1.165) is 37.6 Å². The van der Waals surface area contributed by atoms with Crippen LogP contribution in [0.1, 0.15) is 22.9 Å². The molecule has 2 aromatic heterocycles. The number of aromatic hydroxyl groups is 1. The van der Waals surface area contributed by atoms with Crippen LogP contribution in [0.15, 0.2) is 62.6 Å². The Bertz CT molecular complexity index is 1350. The van der Waals surface area contributed by atoms with Crippen LogP contribution in [0.2, 0.25) is 0 Å². The van der Waals surface area contributed by atoms with Crippen LogP contribution >= 0.6 is 15.9 Å². The van der Waals surface area contributed by atoms with Crippen molar-refractivity contribution in [1.82, 2.24) is 19.9 Å². The Labute approximate surface area is 173 Å². The van der Waals surface area contributed by atoms with Gasteiger partial charge in [0.05, 0.1) is 11.7 Å². The second kappa shape index (κ2) is 6.75. The lowest BCUT2D eigenvalue weighted by Crippen LogP contribution is -2.38. The molecule has 0 unspecified atom stereocenters. The summed E-state index contributed by atoms with van der Waals surface area (Å²) in [4.78, 5) is 30.9. The largest absolute Gasteiger partial charge is 0.494 e. The smallest absolute Gasteiger partial charge is 0.335 e. The highest BCUT2D eigenvalue weighted by Gasteiger charge is 2.31. The zero-order valence-electron chi connectivity index (χ0n) is 15.2. The Balaban J connectivity index is 1.74. The van der Waals surface area contributed by atoms with Gasteiger partial charge in [-0.15, -0.1) is 0 Å². The van der Waals surface area contributed by atoms with E-state index in [1.165, 1.54) is 0 Å². The lowest BCUT2D eigenvalue weighted by Gasteiger charge is -2.25. The third-order valence-corrected chi connectivity index (χ3v) is 5.88. The Morgan fingerprint density at radius 2 is 1.79 bits per heavy atom. The number of H-pyrrole nitrogens is 2. The summed E-state index contributed by atoms with van der Waals surface area (Å²) >= 11 is 3.36. The second-order valence-electron chi connectivity index (χ2n) is 7.01. The lowest BCUT2D eigenvalue weighted by molar-refractivity contribution is 0.410. The fourth-order valence-electron chi connectivity index (χ4n) is 4.06. The highest BCUT2D eigenvalue weighted by molar-refractivity contribution is 9.10. The highest BCUT2D eigenvalue weighted by Crippen LogP contribution is 2.35. The van der Waals surface area contributed by atoms with E-state index in [2.05, 4.69) is 31.2 Å². The number of aromatic amines is 2. The van der Waals surface area contributed by atoms with Crippen LogP contribution < -0.4 is 16.6 Å². The van der Waals surface area contributed by atoms with E-state index in [9.17, 15) is 14.7 Å². The summed E-state index contributed by atoms with van der Waals surface area (Å²) in [6.45, 7) is 0.649. The molecule has 8 heteroatoms. The molecule has 5 rings (SSSR count). The molecule has 0 spiro atoms. The van der Waals surface area contributed by atoms with Gasteiger partial charge in [-0.2, -0.15) is 0 Å². The summed E-state index contributed by atoms with van der Waals surface area (Å²) in [7, 11) is 0. The number of hydrogen-bond donors (Lipinski definition) is 4. The van der Waals surface area contributed by atoms with Gasteiger partial charge in [-0.25, -0.2) is 9.36 Å². The maximum atomic E-state index is 12.7. The van der Waals surface area contributed by atoms with Gasteiger partial charge in [0.15, 0.2) is 0 Å². The van der Waals surface area contributed by atoms with Gasteiger partial charge in [-0.05, 0) is 42.3 Å². The molecule has 4 aromatic rings. The van der Waals surface area contributed by atoms with Gasteiger partial charge in [-0.3, -0.25) is 9.78 Å². The van der Waals surface area contributed by atoms with Crippen LogP contribution in [-0.2, 0) is 6.42 Å². The lowest BCUT2D eigenvalue weighted by atomic mass is 9.95. The Morgan fingerprint density at radius 1 is 1.03 bits per heavy atom. The molecule has 1 atom stereocenters. The molecular formula is C21H17BrN4O3. The van der Waals surface area contributed by atoms with Crippen molar-refractivity contribution in [3.63, 3.8) is 0 Å². The van der Waals surface area contributed by atoms with Crippen LogP contribution in [0, 0.1) is 0 Å². The number of rotatable bonds is 2. The van der Waals surface area contributed by atoms with Crippen molar-refractivity contribution >= 4 is 26.8 Å². The van der Waals surface area contributed by atoms with Crippen LogP contribution in [0.3, 0.4) is 0 Å². The van der Waals surface area contributed by atoms with E-state index in [-0.39, 0.29) is 11.4 Å². The Kier molecular flexibility index (Phi) is 4.18. The molecule has 0 bridgehead atoms. The van der Waals surface area contributed by atoms with Crippen LogP contribution in [-0.4, -0.2) is 26.2 Å². The fraction of sp³-hybridized carbons (Fsp3) is 0.143. The van der Waals surface area contributed by atoms with Crippen molar-refractivity contribution in [3.8, 4) is 11.6 Å². The number of nitrogens with zero attached hydrogens (tertiary/aromatic N) is 1. The first-order valence-corrected chi connectivity index (χ1v) is 10.0. The Hall–Kier alpha value is -3.10. The first-order valence-electron chi connectivity index (χ1n) is 9.21. The highest BCUT2D eigenvalue weighted by atomic mass is 79.9. The van der Waals surface area contributed by atoms with E-state index in [0.29, 0.717) is 12.2 Å². The molecule has 7 nitrogen and oxygen atoms in total. The molecular weight excluding hydrogens is 436 g/mol. The first-order chi connectivity index (χ1) is 14.0.